The molecule has 0 saturated carbocycles. The number of hydrogen-bond donors (Lipinski definition) is 1. The van der Waals surface area contributed by atoms with Crippen molar-refractivity contribution in [3.8, 4) is 5.75 Å². The molecule has 4 nitrogen and oxygen atoms in total. The van der Waals surface area contributed by atoms with Crippen molar-refractivity contribution in [2.24, 2.45) is 0 Å². The van der Waals surface area contributed by atoms with Crippen LogP contribution in [0.3, 0.4) is 0 Å². The fourth-order valence-corrected chi connectivity index (χ4v) is 3.69. The zero-order valence-corrected chi connectivity index (χ0v) is 13.6. The van der Waals surface area contributed by atoms with Gasteiger partial charge < -0.3 is 4.74 Å². The quantitative estimate of drug-likeness (QED) is 0.880. The lowest BCUT2D eigenvalue weighted by atomic mass is 10.3. The van der Waals surface area contributed by atoms with E-state index in [0.717, 1.165) is 0 Å². The van der Waals surface area contributed by atoms with Crippen LogP contribution in [-0.4, -0.2) is 15.5 Å². The van der Waals surface area contributed by atoms with Gasteiger partial charge in [0.15, 0.2) is 5.75 Å². The zero-order valence-electron chi connectivity index (χ0n) is 10.4. The van der Waals surface area contributed by atoms with E-state index < -0.39 is 10.0 Å². The Kier molecular flexibility index (Phi) is 4.57. The molecular weight excluding hydrogens is 366 g/mol. The Balaban J connectivity index is 2.45. The van der Waals surface area contributed by atoms with Gasteiger partial charge in [0.1, 0.15) is 0 Å². The standard InChI is InChI=1S/C13H11BrClNO3S/c1-19-13-11(14)7-9(15)8-12(13)16-20(17,18)10-5-3-2-4-6-10/h2-8,16H,1H3. The summed E-state index contributed by atoms with van der Waals surface area (Å²) in [6, 6.07) is 11.2. The molecule has 7 heteroatoms. The van der Waals surface area contributed by atoms with Crippen LogP contribution in [0.2, 0.25) is 5.02 Å². The summed E-state index contributed by atoms with van der Waals surface area (Å²) in [5, 5.41) is 0.392. The molecule has 0 radical (unpaired) electrons. The molecule has 2 aromatic carbocycles. The number of benzene rings is 2. The van der Waals surface area contributed by atoms with Gasteiger partial charge in [0.25, 0.3) is 10.0 Å². The molecule has 0 aliphatic carbocycles. The summed E-state index contributed by atoms with van der Waals surface area (Å²) in [6.07, 6.45) is 0. The highest BCUT2D eigenvalue weighted by Crippen LogP contribution is 2.37. The molecule has 0 spiro atoms. The number of methoxy groups -OCH3 is 1. The number of nitrogens with one attached hydrogen (secondary N) is 1. The first-order valence-corrected chi connectivity index (χ1v) is 8.20. The second-order valence-electron chi connectivity index (χ2n) is 3.89. The van der Waals surface area contributed by atoms with E-state index in [4.69, 9.17) is 16.3 Å². The van der Waals surface area contributed by atoms with Gasteiger partial charge in [-0.2, -0.15) is 0 Å². The number of ether oxygens (including phenoxy) is 1. The Labute approximate surface area is 130 Å². The Morgan fingerprint density at radius 2 is 1.85 bits per heavy atom. The first-order valence-electron chi connectivity index (χ1n) is 5.55. The van der Waals surface area contributed by atoms with E-state index in [-0.39, 0.29) is 10.6 Å². The average Bonchev–Trinajstić information content (AvgIpc) is 2.39. The van der Waals surface area contributed by atoms with Crippen LogP contribution < -0.4 is 9.46 Å². The van der Waals surface area contributed by atoms with Gasteiger partial charge in [-0.1, -0.05) is 29.8 Å². The molecule has 2 aromatic rings. The molecule has 0 atom stereocenters. The van der Waals surface area contributed by atoms with Crippen molar-refractivity contribution in [2.45, 2.75) is 4.90 Å². The summed E-state index contributed by atoms with van der Waals surface area (Å²) < 4.78 is 32.8. The lowest BCUT2D eigenvalue weighted by Gasteiger charge is -2.13. The third kappa shape index (κ3) is 3.26. The summed E-state index contributed by atoms with van der Waals surface area (Å²) in [6.45, 7) is 0. The molecule has 2 rings (SSSR count). The van der Waals surface area contributed by atoms with Crippen molar-refractivity contribution in [2.75, 3.05) is 11.8 Å². The summed E-state index contributed by atoms with van der Waals surface area (Å²) >= 11 is 9.21. The van der Waals surface area contributed by atoms with Crippen LogP contribution >= 0.6 is 27.5 Å². The maximum Gasteiger partial charge on any atom is 0.262 e. The molecule has 0 fully saturated rings. The topological polar surface area (TPSA) is 55.4 Å². The second-order valence-corrected chi connectivity index (χ2v) is 6.86. The number of sulfonamides is 1. The van der Waals surface area contributed by atoms with Crippen molar-refractivity contribution < 1.29 is 13.2 Å². The van der Waals surface area contributed by atoms with E-state index in [2.05, 4.69) is 20.7 Å². The molecule has 0 unspecified atom stereocenters. The summed E-state index contributed by atoms with van der Waals surface area (Å²) in [5.74, 6) is 0.369. The van der Waals surface area contributed by atoms with E-state index in [1.54, 1.807) is 24.3 Å². The molecule has 0 amide bonds. The summed E-state index contributed by atoms with van der Waals surface area (Å²) in [5.41, 5.74) is 0.274. The molecule has 0 aliphatic heterocycles. The second kappa shape index (κ2) is 6.03. The Hall–Kier alpha value is -1.24. The van der Waals surface area contributed by atoms with Gasteiger partial charge in [-0.3, -0.25) is 4.72 Å². The fraction of sp³-hybridized carbons (Fsp3) is 0.0769. The maximum atomic E-state index is 12.3. The maximum absolute atomic E-state index is 12.3. The van der Waals surface area contributed by atoms with Gasteiger partial charge in [0.2, 0.25) is 0 Å². The molecule has 0 heterocycles. The third-order valence-electron chi connectivity index (χ3n) is 2.51. The van der Waals surface area contributed by atoms with Gasteiger partial charge in [-0.05, 0) is 40.2 Å². The lowest BCUT2D eigenvalue weighted by Crippen LogP contribution is -2.13. The fourth-order valence-electron chi connectivity index (χ4n) is 1.65. The van der Waals surface area contributed by atoms with Gasteiger partial charge >= 0.3 is 0 Å². The van der Waals surface area contributed by atoms with Crippen LogP contribution in [0.15, 0.2) is 51.8 Å². The predicted molar refractivity (Wildman–Crippen MR) is 83.0 cm³/mol. The lowest BCUT2D eigenvalue weighted by molar-refractivity contribution is 0.414. The average molecular weight is 377 g/mol. The minimum Gasteiger partial charge on any atom is -0.493 e. The molecule has 106 valence electrons. The van der Waals surface area contributed by atoms with Gasteiger partial charge in [0, 0.05) is 5.02 Å². The van der Waals surface area contributed by atoms with Crippen LogP contribution in [0.1, 0.15) is 0 Å². The van der Waals surface area contributed by atoms with Gasteiger partial charge in [-0.15, -0.1) is 0 Å². The smallest absolute Gasteiger partial charge is 0.262 e. The Morgan fingerprint density at radius 3 is 2.45 bits per heavy atom. The number of anilines is 1. The number of rotatable bonds is 4. The highest BCUT2D eigenvalue weighted by atomic mass is 79.9. The molecule has 0 aliphatic rings. The predicted octanol–water partition coefficient (Wildman–Crippen LogP) is 3.91. The summed E-state index contributed by atoms with van der Waals surface area (Å²) in [7, 11) is -2.24. The van der Waals surface area contributed by atoms with Crippen molar-refractivity contribution in [3.05, 3.63) is 52.0 Å². The monoisotopic (exact) mass is 375 g/mol. The van der Waals surface area contributed by atoms with Crippen molar-refractivity contribution >= 4 is 43.2 Å². The van der Waals surface area contributed by atoms with Crippen LogP contribution in [0.25, 0.3) is 0 Å². The number of hydrogen-bond acceptors (Lipinski definition) is 3. The van der Waals surface area contributed by atoms with E-state index >= 15 is 0 Å². The van der Waals surface area contributed by atoms with E-state index in [9.17, 15) is 8.42 Å². The van der Waals surface area contributed by atoms with E-state index in [1.807, 2.05) is 0 Å². The van der Waals surface area contributed by atoms with Crippen LogP contribution in [0, 0.1) is 0 Å². The molecular formula is C13H11BrClNO3S. The van der Waals surface area contributed by atoms with Gasteiger partial charge in [-0.25, -0.2) is 8.42 Å². The van der Waals surface area contributed by atoms with E-state index in [0.29, 0.717) is 15.2 Å². The minimum atomic E-state index is -3.69. The third-order valence-corrected chi connectivity index (χ3v) is 4.70. The SMILES string of the molecule is COc1c(Br)cc(Cl)cc1NS(=O)(=O)c1ccccc1. The van der Waals surface area contributed by atoms with Crippen molar-refractivity contribution in [3.63, 3.8) is 0 Å². The first-order chi connectivity index (χ1) is 9.44. The molecule has 20 heavy (non-hydrogen) atoms. The summed E-state index contributed by atoms with van der Waals surface area (Å²) in [4.78, 5) is 0.165. The van der Waals surface area contributed by atoms with Crippen LogP contribution in [0.5, 0.6) is 5.75 Å². The van der Waals surface area contributed by atoms with E-state index in [1.165, 1.54) is 25.3 Å². The first kappa shape index (κ1) is 15.2. The highest BCUT2D eigenvalue weighted by Gasteiger charge is 2.18. The Morgan fingerprint density at radius 1 is 1.20 bits per heavy atom. The van der Waals surface area contributed by atoms with Crippen LogP contribution in [-0.2, 0) is 10.0 Å². The molecule has 0 bridgehead atoms. The van der Waals surface area contributed by atoms with Crippen LogP contribution in [0.4, 0.5) is 5.69 Å². The minimum absolute atomic E-state index is 0.165. The van der Waals surface area contributed by atoms with Gasteiger partial charge in [0.05, 0.1) is 22.2 Å². The number of halogens is 2. The van der Waals surface area contributed by atoms with Crippen molar-refractivity contribution in [1.82, 2.24) is 0 Å². The largest absolute Gasteiger partial charge is 0.493 e. The molecule has 0 saturated heterocycles. The normalized spacial score (nSPS) is 11.2. The highest BCUT2D eigenvalue weighted by molar-refractivity contribution is 9.10. The Bertz CT molecular complexity index is 720. The zero-order chi connectivity index (χ0) is 14.8. The molecule has 1 N–H and O–H groups in total. The van der Waals surface area contributed by atoms with Crippen molar-refractivity contribution in [1.29, 1.82) is 0 Å². The molecule has 0 aromatic heterocycles.